The van der Waals surface area contributed by atoms with Gasteiger partial charge in [0.25, 0.3) is 0 Å². The molecule has 2 heteroatoms. The van der Waals surface area contributed by atoms with Crippen molar-refractivity contribution < 1.29 is 0 Å². The molecule has 1 unspecified atom stereocenters. The molecule has 0 aliphatic heterocycles. The van der Waals surface area contributed by atoms with Crippen LogP contribution in [-0.2, 0) is 0 Å². The smallest absolute Gasteiger partial charge is 0.0238 e. The normalized spacial score (nSPS) is 13.7. The lowest BCUT2D eigenvalue weighted by atomic mass is 10.0. The van der Waals surface area contributed by atoms with E-state index in [1.54, 1.807) is 0 Å². The molecule has 0 aliphatic rings. The number of likely N-dealkylation sites (N-methyl/N-ethyl adjacent to an activating group) is 1. The van der Waals surface area contributed by atoms with Crippen LogP contribution >= 0.6 is 0 Å². The van der Waals surface area contributed by atoms with Crippen LogP contribution in [-0.4, -0.2) is 31.1 Å². The van der Waals surface area contributed by atoms with E-state index in [1.807, 2.05) is 6.08 Å². The van der Waals surface area contributed by atoms with Crippen LogP contribution in [0.5, 0.6) is 0 Å². The second-order valence-corrected chi connectivity index (χ2v) is 3.96. The van der Waals surface area contributed by atoms with E-state index in [1.165, 1.54) is 6.42 Å². The maximum atomic E-state index is 5.72. The highest BCUT2D eigenvalue weighted by molar-refractivity contribution is 4.74. The van der Waals surface area contributed by atoms with Crippen molar-refractivity contribution in [2.24, 2.45) is 11.7 Å². The molecule has 0 aromatic rings. The molecule has 1 atom stereocenters. The first-order chi connectivity index (χ1) is 6.13. The number of allylic oxidation sites excluding steroid dienone is 1. The summed E-state index contributed by atoms with van der Waals surface area (Å²) in [5.41, 5.74) is 5.72. The molecule has 0 aromatic heterocycles. The first-order valence-corrected chi connectivity index (χ1v) is 5.14. The molecule has 0 aromatic carbocycles. The van der Waals surface area contributed by atoms with Crippen molar-refractivity contribution >= 4 is 0 Å². The molecule has 0 saturated heterocycles. The maximum Gasteiger partial charge on any atom is 0.0238 e. The quantitative estimate of drug-likeness (QED) is 0.483. The third-order valence-corrected chi connectivity index (χ3v) is 2.50. The van der Waals surface area contributed by atoms with Gasteiger partial charge in [-0.2, -0.15) is 0 Å². The summed E-state index contributed by atoms with van der Waals surface area (Å²) in [6.45, 7) is 10.0. The predicted octanol–water partition coefficient (Wildman–Crippen LogP) is 1.87. The van der Waals surface area contributed by atoms with Crippen molar-refractivity contribution in [3.05, 3.63) is 12.7 Å². The molecule has 78 valence electrons. The Bertz CT molecular complexity index is 132. The lowest BCUT2D eigenvalue weighted by Gasteiger charge is -2.29. The monoisotopic (exact) mass is 184 g/mol. The third-order valence-electron chi connectivity index (χ3n) is 2.50. The highest BCUT2D eigenvalue weighted by atomic mass is 15.1. The molecule has 0 fully saturated rings. The second kappa shape index (κ2) is 7.10. The number of rotatable bonds is 7. The minimum Gasteiger partial charge on any atom is -0.329 e. The van der Waals surface area contributed by atoms with Gasteiger partial charge in [-0.1, -0.05) is 19.9 Å². The Labute approximate surface area is 82.8 Å². The standard InChI is InChI=1S/C11H24N2/c1-5-6-7-8-13(4)11(9-12)10(2)3/h5,10-11H,1,6-9,12H2,2-4H3. The van der Waals surface area contributed by atoms with E-state index in [0.717, 1.165) is 19.5 Å². The van der Waals surface area contributed by atoms with Crippen molar-refractivity contribution in [2.45, 2.75) is 32.7 Å². The molecule has 0 rings (SSSR count). The highest BCUT2D eigenvalue weighted by Crippen LogP contribution is 2.08. The number of unbranched alkanes of at least 4 members (excludes halogenated alkanes) is 1. The van der Waals surface area contributed by atoms with Gasteiger partial charge < -0.3 is 10.6 Å². The van der Waals surface area contributed by atoms with Gasteiger partial charge in [-0.15, -0.1) is 6.58 Å². The Morgan fingerprint density at radius 3 is 2.46 bits per heavy atom. The van der Waals surface area contributed by atoms with Crippen LogP contribution in [0.25, 0.3) is 0 Å². The minimum absolute atomic E-state index is 0.518. The van der Waals surface area contributed by atoms with Gasteiger partial charge in [-0.05, 0) is 32.4 Å². The Balaban J connectivity index is 3.76. The van der Waals surface area contributed by atoms with E-state index in [-0.39, 0.29) is 0 Å². The molecule has 0 heterocycles. The lowest BCUT2D eigenvalue weighted by Crippen LogP contribution is -2.42. The van der Waals surface area contributed by atoms with Crippen LogP contribution in [0.4, 0.5) is 0 Å². The summed E-state index contributed by atoms with van der Waals surface area (Å²) in [6.07, 6.45) is 4.25. The van der Waals surface area contributed by atoms with Crippen molar-refractivity contribution in [1.29, 1.82) is 0 Å². The molecule has 0 bridgehead atoms. The number of hydrogen-bond acceptors (Lipinski definition) is 2. The molecule has 2 N–H and O–H groups in total. The van der Waals surface area contributed by atoms with Crippen LogP contribution in [0.1, 0.15) is 26.7 Å². The fourth-order valence-corrected chi connectivity index (χ4v) is 1.61. The van der Waals surface area contributed by atoms with Gasteiger partial charge in [0, 0.05) is 12.6 Å². The summed E-state index contributed by atoms with van der Waals surface area (Å²) < 4.78 is 0. The molecule has 13 heavy (non-hydrogen) atoms. The van der Waals surface area contributed by atoms with Crippen molar-refractivity contribution in [2.75, 3.05) is 20.1 Å². The van der Waals surface area contributed by atoms with Gasteiger partial charge >= 0.3 is 0 Å². The zero-order valence-electron chi connectivity index (χ0n) is 9.29. The zero-order chi connectivity index (χ0) is 10.3. The van der Waals surface area contributed by atoms with Gasteiger partial charge in [0.2, 0.25) is 0 Å². The van der Waals surface area contributed by atoms with Gasteiger partial charge in [-0.25, -0.2) is 0 Å². The van der Waals surface area contributed by atoms with E-state index in [2.05, 4.69) is 32.4 Å². The van der Waals surface area contributed by atoms with E-state index in [0.29, 0.717) is 12.0 Å². The summed E-state index contributed by atoms with van der Waals surface area (Å²) in [5, 5.41) is 0. The van der Waals surface area contributed by atoms with E-state index in [9.17, 15) is 0 Å². The average Bonchev–Trinajstić information content (AvgIpc) is 2.05. The number of nitrogens with two attached hydrogens (primary N) is 1. The zero-order valence-corrected chi connectivity index (χ0v) is 9.29. The topological polar surface area (TPSA) is 29.3 Å². The highest BCUT2D eigenvalue weighted by Gasteiger charge is 2.15. The number of nitrogens with zero attached hydrogens (tertiary/aromatic N) is 1. The van der Waals surface area contributed by atoms with Gasteiger partial charge in [0.15, 0.2) is 0 Å². The summed E-state index contributed by atoms with van der Waals surface area (Å²) in [5.74, 6) is 0.638. The van der Waals surface area contributed by atoms with E-state index < -0.39 is 0 Å². The van der Waals surface area contributed by atoms with Crippen molar-refractivity contribution in [3.63, 3.8) is 0 Å². The van der Waals surface area contributed by atoms with Crippen molar-refractivity contribution in [1.82, 2.24) is 4.90 Å². The molecular formula is C11H24N2. The molecule has 2 nitrogen and oxygen atoms in total. The van der Waals surface area contributed by atoms with Crippen LogP contribution in [0.3, 0.4) is 0 Å². The molecule has 0 saturated carbocycles. The van der Waals surface area contributed by atoms with Crippen LogP contribution in [0, 0.1) is 5.92 Å². The van der Waals surface area contributed by atoms with E-state index >= 15 is 0 Å². The molecule has 0 spiro atoms. The minimum atomic E-state index is 0.518. The fraction of sp³-hybridized carbons (Fsp3) is 0.818. The molecule has 0 aliphatic carbocycles. The summed E-state index contributed by atoms with van der Waals surface area (Å²) in [7, 11) is 2.15. The Hall–Kier alpha value is -0.340. The SMILES string of the molecule is C=CCCCN(C)C(CN)C(C)C. The largest absolute Gasteiger partial charge is 0.329 e. The van der Waals surface area contributed by atoms with Crippen molar-refractivity contribution in [3.8, 4) is 0 Å². The Morgan fingerprint density at radius 2 is 2.08 bits per heavy atom. The number of hydrogen-bond donors (Lipinski definition) is 1. The second-order valence-electron chi connectivity index (χ2n) is 3.96. The van der Waals surface area contributed by atoms with Crippen LogP contribution < -0.4 is 5.73 Å². The van der Waals surface area contributed by atoms with Gasteiger partial charge in [0.05, 0.1) is 0 Å². The lowest BCUT2D eigenvalue weighted by molar-refractivity contribution is 0.196. The third kappa shape index (κ3) is 5.06. The average molecular weight is 184 g/mol. The molecule has 0 radical (unpaired) electrons. The predicted molar refractivity (Wildman–Crippen MR) is 59.7 cm³/mol. The van der Waals surface area contributed by atoms with Gasteiger partial charge in [-0.3, -0.25) is 0 Å². The molecule has 0 amide bonds. The maximum absolute atomic E-state index is 5.72. The fourth-order valence-electron chi connectivity index (χ4n) is 1.61. The summed E-state index contributed by atoms with van der Waals surface area (Å²) >= 11 is 0. The summed E-state index contributed by atoms with van der Waals surface area (Å²) in [6, 6.07) is 0.518. The Morgan fingerprint density at radius 1 is 1.46 bits per heavy atom. The molecular weight excluding hydrogens is 160 g/mol. The first-order valence-electron chi connectivity index (χ1n) is 5.14. The van der Waals surface area contributed by atoms with E-state index in [4.69, 9.17) is 5.73 Å². The van der Waals surface area contributed by atoms with Crippen LogP contribution in [0.2, 0.25) is 0 Å². The van der Waals surface area contributed by atoms with Gasteiger partial charge in [0.1, 0.15) is 0 Å². The Kier molecular flexibility index (Phi) is 6.92. The van der Waals surface area contributed by atoms with Crippen LogP contribution in [0.15, 0.2) is 12.7 Å². The summed E-state index contributed by atoms with van der Waals surface area (Å²) in [4.78, 5) is 2.36. The first kappa shape index (κ1) is 12.7.